The van der Waals surface area contributed by atoms with Gasteiger partial charge in [0.15, 0.2) is 0 Å². The number of benzene rings is 1. The molecule has 1 amide bonds. The standard InChI is InChI=1S/C8H17NO.C6H6/c1-2-3-4-5-6-7-8(9)10;1-2-4-6-5-3-1/h2-7H2,1H3,(H2,9,10);1-6H. The summed E-state index contributed by atoms with van der Waals surface area (Å²) in [6, 6.07) is 12.0. The Kier molecular flexibility index (Phi) is 10.8. The van der Waals surface area contributed by atoms with E-state index in [0.717, 1.165) is 12.8 Å². The van der Waals surface area contributed by atoms with E-state index in [1.165, 1.54) is 19.3 Å². The zero-order valence-corrected chi connectivity index (χ0v) is 10.2. The molecule has 0 saturated heterocycles. The molecule has 0 saturated carbocycles. The van der Waals surface area contributed by atoms with Gasteiger partial charge in [0.1, 0.15) is 0 Å². The van der Waals surface area contributed by atoms with Crippen molar-refractivity contribution in [1.82, 2.24) is 0 Å². The number of carbonyl (C=O) groups is 1. The van der Waals surface area contributed by atoms with E-state index in [0.29, 0.717) is 6.42 Å². The Hall–Kier alpha value is -1.31. The number of carbonyl (C=O) groups excluding carboxylic acids is 1. The Balaban J connectivity index is 0.000000315. The van der Waals surface area contributed by atoms with Crippen LogP contribution in [-0.4, -0.2) is 5.91 Å². The highest BCUT2D eigenvalue weighted by Gasteiger charge is 1.92. The zero-order valence-electron chi connectivity index (χ0n) is 10.2. The Bertz CT molecular complexity index is 219. The number of amides is 1. The summed E-state index contributed by atoms with van der Waals surface area (Å²) in [6.45, 7) is 2.17. The SMILES string of the molecule is CCCCCCCC(N)=O.c1ccccc1. The molecule has 1 aromatic rings. The first-order valence-corrected chi connectivity index (χ1v) is 6.05. The first-order chi connectivity index (χ1) is 7.77. The van der Waals surface area contributed by atoms with E-state index in [-0.39, 0.29) is 5.91 Å². The van der Waals surface area contributed by atoms with Crippen LogP contribution in [0.25, 0.3) is 0 Å². The van der Waals surface area contributed by atoms with Gasteiger partial charge in [0.2, 0.25) is 5.91 Å². The molecule has 2 N–H and O–H groups in total. The number of nitrogens with two attached hydrogens (primary N) is 1. The van der Waals surface area contributed by atoms with Crippen LogP contribution < -0.4 is 5.73 Å². The number of hydrogen-bond donors (Lipinski definition) is 1. The van der Waals surface area contributed by atoms with Crippen LogP contribution in [0.2, 0.25) is 0 Å². The molecule has 0 fully saturated rings. The number of primary amides is 1. The highest BCUT2D eigenvalue weighted by molar-refractivity contribution is 5.73. The van der Waals surface area contributed by atoms with Crippen molar-refractivity contribution in [3.8, 4) is 0 Å². The third-order valence-electron chi connectivity index (χ3n) is 2.19. The maximum Gasteiger partial charge on any atom is 0.217 e. The van der Waals surface area contributed by atoms with Crippen molar-refractivity contribution in [3.05, 3.63) is 36.4 Å². The van der Waals surface area contributed by atoms with Gasteiger partial charge in [-0.15, -0.1) is 0 Å². The third kappa shape index (κ3) is 12.7. The maximum absolute atomic E-state index is 10.3. The summed E-state index contributed by atoms with van der Waals surface area (Å²) in [4.78, 5) is 10.3. The van der Waals surface area contributed by atoms with Crippen molar-refractivity contribution < 1.29 is 4.79 Å². The van der Waals surface area contributed by atoms with Gasteiger partial charge in [-0.1, -0.05) is 69.0 Å². The second-order valence-electron chi connectivity index (χ2n) is 3.79. The molecule has 0 radical (unpaired) electrons. The van der Waals surface area contributed by atoms with E-state index in [2.05, 4.69) is 6.92 Å². The fraction of sp³-hybridized carbons (Fsp3) is 0.500. The van der Waals surface area contributed by atoms with Gasteiger partial charge in [0.05, 0.1) is 0 Å². The second-order valence-corrected chi connectivity index (χ2v) is 3.79. The average Bonchev–Trinajstić information content (AvgIpc) is 2.31. The predicted octanol–water partition coefficient (Wildman–Crippen LogP) is 3.52. The zero-order chi connectivity index (χ0) is 12.1. The number of hydrogen-bond acceptors (Lipinski definition) is 1. The summed E-state index contributed by atoms with van der Waals surface area (Å²) in [5, 5.41) is 0. The molecule has 0 atom stereocenters. The number of unbranched alkanes of at least 4 members (excludes halogenated alkanes) is 4. The van der Waals surface area contributed by atoms with Gasteiger partial charge in [-0.25, -0.2) is 0 Å². The Labute approximate surface area is 98.9 Å². The van der Waals surface area contributed by atoms with E-state index >= 15 is 0 Å². The minimum Gasteiger partial charge on any atom is -0.370 e. The molecule has 0 bridgehead atoms. The lowest BCUT2D eigenvalue weighted by Gasteiger charge is -1.95. The van der Waals surface area contributed by atoms with Gasteiger partial charge in [0, 0.05) is 6.42 Å². The minimum absolute atomic E-state index is 0.170. The Morgan fingerprint density at radius 3 is 1.69 bits per heavy atom. The van der Waals surface area contributed by atoms with E-state index in [4.69, 9.17) is 5.73 Å². The lowest BCUT2D eigenvalue weighted by Crippen LogP contribution is -2.09. The van der Waals surface area contributed by atoms with Crippen LogP contribution >= 0.6 is 0 Å². The van der Waals surface area contributed by atoms with Gasteiger partial charge in [-0.05, 0) is 6.42 Å². The largest absolute Gasteiger partial charge is 0.370 e. The molecule has 0 aromatic heterocycles. The highest BCUT2D eigenvalue weighted by Crippen LogP contribution is 2.03. The molecule has 0 unspecified atom stereocenters. The molecule has 16 heavy (non-hydrogen) atoms. The number of rotatable bonds is 6. The molecule has 0 spiro atoms. The Morgan fingerprint density at radius 1 is 0.875 bits per heavy atom. The summed E-state index contributed by atoms with van der Waals surface area (Å²) in [6.07, 6.45) is 6.44. The van der Waals surface area contributed by atoms with Crippen molar-refractivity contribution >= 4 is 5.91 Å². The molecule has 0 aliphatic carbocycles. The van der Waals surface area contributed by atoms with Gasteiger partial charge in [-0.2, -0.15) is 0 Å². The fourth-order valence-electron chi connectivity index (χ4n) is 1.29. The normalized spacial score (nSPS) is 9.06. The molecule has 2 heteroatoms. The van der Waals surface area contributed by atoms with Crippen LogP contribution in [0, 0.1) is 0 Å². The smallest absolute Gasteiger partial charge is 0.217 e. The molecule has 2 nitrogen and oxygen atoms in total. The maximum atomic E-state index is 10.3. The Morgan fingerprint density at radius 2 is 1.31 bits per heavy atom. The van der Waals surface area contributed by atoms with Crippen LogP contribution in [0.5, 0.6) is 0 Å². The molecular formula is C14H23NO. The summed E-state index contributed by atoms with van der Waals surface area (Å²) in [5.74, 6) is -0.170. The van der Waals surface area contributed by atoms with Crippen LogP contribution in [0.15, 0.2) is 36.4 Å². The van der Waals surface area contributed by atoms with Crippen molar-refractivity contribution in [3.63, 3.8) is 0 Å². The third-order valence-corrected chi connectivity index (χ3v) is 2.19. The summed E-state index contributed by atoms with van der Waals surface area (Å²) >= 11 is 0. The molecule has 90 valence electrons. The van der Waals surface area contributed by atoms with Gasteiger partial charge < -0.3 is 5.73 Å². The summed E-state index contributed by atoms with van der Waals surface area (Å²) in [7, 11) is 0. The molecule has 0 aliphatic rings. The van der Waals surface area contributed by atoms with E-state index in [9.17, 15) is 4.79 Å². The lowest BCUT2D eigenvalue weighted by atomic mass is 10.1. The monoisotopic (exact) mass is 221 g/mol. The molecular weight excluding hydrogens is 198 g/mol. The molecule has 1 rings (SSSR count). The quantitative estimate of drug-likeness (QED) is 0.734. The topological polar surface area (TPSA) is 43.1 Å². The van der Waals surface area contributed by atoms with E-state index in [1.54, 1.807) is 0 Å². The fourth-order valence-corrected chi connectivity index (χ4v) is 1.29. The minimum atomic E-state index is -0.170. The van der Waals surface area contributed by atoms with Crippen molar-refractivity contribution in [2.24, 2.45) is 5.73 Å². The van der Waals surface area contributed by atoms with E-state index < -0.39 is 0 Å². The van der Waals surface area contributed by atoms with Crippen LogP contribution in [0.4, 0.5) is 0 Å². The highest BCUT2D eigenvalue weighted by atomic mass is 16.1. The molecule has 0 aliphatic heterocycles. The van der Waals surface area contributed by atoms with Crippen LogP contribution in [-0.2, 0) is 4.79 Å². The molecule has 0 heterocycles. The average molecular weight is 221 g/mol. The lowest BCUT2D eigenvalue weighted by molar-refractivity contribution is -0.118. The van der Waals surface area contributed by atoms with Gasteiger partial charge in [-0.3, -0.25) is 4.79 Å². The second kappa shape index (κ2) is 11.8. The first-order valence-electron chi connectivity index (χ1n) is 6.05. The summed E-state index contributed by atoms with van der Waals surface area (Å²) in [5.41, 5.74) is 4.97. The van der Waals surface area contributed by atoms with E-state index in [1.807, 2.05) is 36.4 Å². The molecule has 1 aromatic carbocycles. The van der Waals surface area contributed by atoms with Gasteiger partial charge >= 0.3 is 0 Å². The summed E-state index contributed by atoms with van der Waals surface area (Å²) < 4.78 is 0. The predicted molar refractivity (Wildman–Crippen MR) is 69.0 cm³/mol. The first kappa shape index (κ1) is 14.7. The van der Waals surface area contributed by atoms with Gasteiger partial charge in [0.25, 0.3) is 0 Å². The van der Waals surface area contributed by atoms with Crippen molar-refractivity contribution in [1.29, 1.82) is 0 Å². The van der Waals surface area contributed by atoms with Crippen LogP contribution in [0.1, 0.15) is 45.4 Å². The van der Waals surface area contributed by atoms with Crippen molar-refractivity contribution in [2.45, 2.75) is 45.4 Å². The van der Waals surface area contributed by atoms with Crippen molar-refractivity contribution in [2.75, 3.05) is 0 Å². The van der Waals surface area contributed by atoms with Crippen LogP contribution in [0.3, 0.4) is 0 Å².